The van der Waals surface area contributed by atoms with E-state index >= 15 is 0 Å². The Labute approximate surface area is 206 Å². The van der Waals surface area contributed by atoms with E-state index in [1.54, 1.807) is 24.2 Å². The average molecular weight is 488 g/mol. The van der Waals surface area contributed by atoms with Crippen LogP contribution in [0.3, 0.4) is 0 Å². The van der Waals surface area contributed by atoms with E-state index in [1.165, 1.54) is 21.4 Å². The Morgan fingerprint density at radius 1 is 1.03 bits per heavy atom. The number of rotatable bonds is 6. The highest BCUT2D eigenvalue weighted by Crippen LogP contribution is 2.31. The second-order valence-electron chi connectivity index (χ2n) is 8.34. The zero-order valence-corrected chi connectivity index (χ0v) is 19.6. The van der Waals surface area contributed by atoms with Gasteiger partial charge in [-0.05, 0) is 41.0 Å². The van der Waals surface area contributed by atoms with Crippen LogP contribution in [0.4, 0.5) is 5.95 Å². The molecule has 1 unspecified atom stereocenters. The number of carboxylic acid groups (broad SMARTS) is 1. The smallest absolute Gasteiger partial charge is 0.347 e. The fourth-order valence-corrected chi connectivity index (χ4v) is 4.31. The summed E-state index contributed by atoms with van der Waals surface area (Å²) < 4.78 is 2.83. The van der Waals surface area contributed by atoms with Crippen molar-refractivity contribution < 1.29 is 9.90 Å². The van der Waals surface area contributed by atoms with Crippen LogP contribution in [0.1, 0.15) is 33.0 Å². The number of nitrogens with zero attached hydrogens (tertiary/aromatic N) is 5. The number of carboxylic acids is 1. The monoisotopic (exact) mass is 487 g/mol. The minimum absolute atomic E-state index is 0.0128. The van der Waals surface area contributed by atoms with Gasteiger partial charge in [0.05, 0.1) is 24.4 Å². The summed E-state index contributed by atoms with van der Waals surface area (Å²) in [4.78, 5) is 24.0. The third kappa shape index (κ3) is 4.48. The zero-order valence-electron chi connectivity index (χ0n) is 18.9. The lowest BCUT2D eigenvalue weighted by Gasteiger charge is -2.15. The Bertz CT molecular complexity index is 1460. The summed E-state index contributed by atoms with van der Waals surface area (Å²) in [5, 5.41) is 20.9. The number of anilines is 1. The molecule has 2 heterocycles. The maximum Gasteiger partial charge on any atom is 0.347 e. The van der Waals surface area contributed by atoms with Gasteiger partial charge in [0.25, 0.3) is 0 Å². The topological polar surface area (TPSA) is 92.7 Å². The normalized spacial score (nSPS) is 15.3. The van der Waals surface area contributed by atoms with Gasteiger partial charge in [-0.3, -0.25) is 4.57 Å². The molecule has 4 aromatic rings. The fourth-order valence-electron chi connectivity index (χ4n) is 4.18. The molecule has 1 aliphatic rings. The first-order valence-electron chi connectivity index (χ1n) is 11.0. The standard InChI is InChI=1S/C26H22ClN5O3/c1-30-25(29-32(26(30)35)15-17-7-9-20(10-8-17)24(33)34)31-16-22(18-5-3-2-4-6-18)23(28-31)19-11-13-21(27)14-12-19/h2-14,22H,15-16H2,1H3,(H,33,34). The molecule has 5 rings (SSSR count). The molecule has 0 saturated carbocycles. The summed E-state index contributed by atoms with van der Waals surface area (Å²) in [6, 6.07) is 24.1. The van der Waals surface area contributed by atoms with Gasteiger partial charge in [-0.15, -0.1) is 5.10 Å². The highest BCUT2D eigenvalue weighted by molar-refractivity contribution is 6.30. The number of hydrazone groups is 1. The molecule has 0 radical (unpaired) electrons. The van der Waals surface area contributed by atoms with Crippen LogP contribution in [0.25, 0.3) is 0 Å². The van der Waals surface area contributed by atoms with Gasteiger partial charge in [0.2, 0.25) is 5.95 Å². The molecule has 0 saturated heterocycles. The Morgan fingerprint density at radius 3 is 2.37 bits per heavy atom. The van der Waals surface area contributed by atoms with Gasteiger partial charge in [0.15, 0.2) is 0 Å². The van der Waals surface area contributed by atoms with Gasteiger partial charge in [-0.2, -0.15) is 5.10 Å². The van der Waals surface area contributed by atoms with Crippen molar-refractivity contribution in [1.29, 1.82) is 0 Å². The number of hydrogen-bond acceptors (Lipinski definition) is 5. The molecule has 0 aliphatic carbocycles. The second kappa shape index (κ2) is 9.23. The Morgan fingerprint density at radius 2 is 1.71 bits per heavy atom. The predicted octanol–water partition coefficient (Wildman–Crippen LogP) is 3.99. The minimum Gasteiger partial charge on any atom is -0.478 e. The SMILES string of the molecule is Cn1c(N2CC(c3ccccc3)C(c3ccc(Cl)cc3)=N2)nn(Cc2ccc(C(=O)O)cc2)c1=O. The lowest BCUT2D eigenvalue weighted by atomic mass is 9.91. The van der Waals surface area contributed by atoms with E-state index in [1.807, 2.05) is 42.5 Å². The molecule has 1 atom stereocenters. The first kappa shape index (κ1) is 22.6. The molecule has 1 aromatic heterocycles. The summed E-state index contributed by atoms with van der Waals surface area (Å²) in [6.45, 7) is 0.746. The third-order valence-electron chi connectivity index (χ3n) is 6.04. The van der Waals surface area contributed by atoms with Crippen LogP contribution in [-0.2, 0) is 13.6 Å². The fraction of sp³-hybridized carbons (Fsp3) is 0.154. The van der Waals surface area contributed by atoms with Crippen LogP contribution in [0, 0.1) is 0 Å². The second-order valence-corrected chi connectivity index (χ2v) is 8.78. The number of aromatic nitrogens is 3. The molecule has 176 valence electrons. The van der Waals surface area contributed by atoms with Crippen LogP contribution >= 0.6 is 11.6 Å². The molecule has 3 aromatic carbocycles. The molecule has 0 bridgehead atoms. The van der Waals surface area contributed by atoms with Crippen LogP contribution < -0.4 is 10.7 Å². The molecule has 0 amide bonds. The number of hydrogen-bond donors (Lipinski definition) is 1. The van der Waals surface area contributed by atoms with Gasteiger partial charge in [0.1, 0.15) is 0 Å². The van der Waals surface area contributed by atoms with Gasteiger partial charge < -0.3 is 5.11 Å². The van der Waals surface area contributed by atoms with Gasteiger partial charge in [-0.25, -0.2) is 19.3 Å². The average Bonchev–Trinajstić information content (AvgIpc) is 3.43. The molecule has 0 fully saturated rings. The van der Waals surface area contributed by atoms with Crippen LogP contribution in [0.2, 0.25) is 5.02 Å². The predicted molar refractivity (Wildman–Crippen MR) is 134 cm³/mol. The van der Waals surface area contributed by atoms with Crippen LogP contribution in [0.15, 0.2) is 88.8 Å². The maximum absolute atomic E-state index is 12.9. The molecule has 1 aliphatic heterocycles. The van der Waals surface area contributed by atoms with Crippen molar-refractivity contribution in [2.75, 3.05) is 11.6 Å². The van der Waals surface area contributed by atoms with Crippen LogP contribution in [0.5, 0.6) is 0 Å². The molecule has 35 heavy (non-hydrogen) atoms. The highest BCUT2D eigenvalue weighted by Gasteiger charge is 2.32. The lowest BCUT2D eigenvalue weighted by Crippen LogP contribution is -2.25. The third-order valence-corrected chi connectivity index (χ3v) is 6.29. The number of aromatic carboxylic acids is 1. The first-order chi connectivity index (χ1) is 16.9. The summed E-state index contributed by atoms with van der Waals surface area (Å²) in [5.41, 5.74) is 3.62. The van der Waals surface area contributed by atoms with Gasteiger partial charge >= 0.3 is 11.7 Å². The summed E-state index contributed by atoms with van der Waals surface area (Å²) in [5.74, 6) is -0.576. The van der Waals surface area contributed by atoms with Crippen molar-refractivity contribution in [2.24, 2.45) is 12.1 Å². The molecular weight excluding hydrogens is 466 g/mol. The molecule has 0 spiro atoms. The Balaban J connectivity index is 1.48. The summed E-state index contributed by atoms with van der Waals surface area (Å²) in [7, 11) is 1.67. The molecular formula is C26H22ClN5O3. The van der Waals surface area contributed by atoms with E-state index in [2.05, 4.69) is 17.2 Å². The van der Waals surface area contributed by atoms with Crippen LogP contribution in [-0.4, -0.2) is 37.7 Å². The number of halogens is 1. The molecule has 9 heteroatoms. The van der Waals surface area contributed by atoms with E-state index in [0.717, 1.165) is 22.4 Å². The number of benzene rings is 3. The summed E-state index contributed by atoms with van der Waals surface area (Å²) >= 11 is 6.10. The zero-order chi connectivity index (χ0) is 24.5. The van der Waals surface area contributed by atoms with Crippen molar-refractivity contribution in [1.82, 2.24) is 14.3 Å². The Hall–Kier alpha value is -4.17. The van der Waals surface area contributed by atoms with Crippen molar-refractivity contribution >= 4 is 29.2 Å². The van der Waals surface area contributed by atoms with Gasteiger partial charge in [0, 0.05) is 18.0 Å². The quantitative estimate of drug-likeness (QED) is 0.444. The van der Waals surface area contributed by atoms with E-state index in [-0.39, 0.29) is 23.7 Å². The maximum atomic E-state index is 12.9. The molecule has 8 nitrogen and oxygen atoms in total. The molecule has 1 N–H and O–H groups in total. The van der Waals surface area contributed by atoms with Crippen molar-refractivity contribution in [3.63, 3.8) is 0 Å². The van der Waals surface area contributed by atoms with Crippen molar-refractivity contribution in [2.45, 2.75) is 12.5 Å². The van der Waals surface area contributed by atoms with Crippen molar-refractivity contribution in [3.8, 4) is 0 Å². The minimum atomic E-state index is -0.995. The first-order valence-corrected chi connectivity index (χ1v) is 11.4. The van der Waals surface area contributed by atoms with E-state index in [4.69, 9.17) is 21.8 Å². The summed E-state index contributed by atoms with van der Waals surface area (Å²) in [6.07, 6.45) is 0. The lowest BCUT2D eigenvalue weighted by molar-refractivity contribution is 0.0697. The van der Waals surface area contributed by atoms with E-state index in [9.17, 15) is 9.59 Å². The largest absolute Gasteiger partial charge is 0.478 e. The number of carbonyl (C=O) groups is 1. The highest BCUT2D eigenvalue weighted by atomic mass is 35.5. The van der Waals surface area contributed by atoms with E-state index < -0.39 is 5.97 Å². The van der Waals surface area contributed by atoms with E-state index in [0.29, 0.717) is 17.5 Å². The van der Waals surface area contributed by atoms with Crippen molar-refractivity contribution in [3.05, 3.63) is 117 Å². The van der Waals surface area contributed by atoms with Gasteiger partial charge in [-0.1, -0.05) is 66.2 Å². The Kier molecular flexibility index (Phi) is 5.96.